The maximum atomic E-state index is 11.5. The molecule has 0 aliphatic carbocycles. The van der Waals surface area contributed by atoms with Gasteiger partial charge < -0.3 is 14.2 Å². The minimum Gasteiger partial charge on any atom is -0.492 e. The second-order valence-corrected chi connectivity index (χ2v) is 7.52. The molecule has 0 amide bonds. The van der Waals surface area contributed by atoms with E-state index in [9.17, 15) is 4.79 Å². The van der Waals surface area contributed by atoms with Crippen LogP contribution in [0.5, 0.6) is 17.2 Å². The molecule has 1 saturated heterocycles. The number of carbonyl (C=O) groups excluding carboxylic acids is 1. The molecule has 0 bridgehead atoms. The van der Waals surface area contributed by atoms with E-state index in [4.69, 9.17) is 25.8 Å². The Labute approximate surface area is 177 Å². The third-order valence-electron chi connectivity index (χ3n) is 4.95. The Bertz CT molecular complexity index is 763. The number of rotatable bonds is 10. The zero-order valence-electron chi connectivity index (χ0n) is 16.8. The van der Waals surface area contributed by atoms with Crippen LogP contribution in [-0.2, 0) is 9.53 Å². The van der Waals surface area contributed by atoms with E-state index in [1.165, 1.54) is 6.42 Å². The van der Waals surface area contributed by atoms with Crippen molar-refractivity contribution in [2.45, 2.75) is 38.6 Å². The molecule has 0 spiro atoms. The first-order valence-electron chi connectivity index (χ1n) is 10.2. The van der Waals surface area contributed by atoms with Gasteiger partial charge in [0, 0.05) is 17.5 Å². The van der Waals surface area contributed by atoms with Crippen LogP contribution in [0, 0.1) is 0 Å². The molecule has 3 rings (SSSR count). The summed E-state index contributed by atoms with van der Waals surface area (Å²) in [5.41, 5.74) is 0. The lowest BCUT2D eigenvalue weighted by Gasteiger charge is -2.24. The quantitative estimate of drug-likeness (QED) is 0.489. The summed E-state index contributed by atoms with van der Waals surface area (Å²) in [5, 5.41) is 0.683. The van der Waals surface area contributed by atoms with Gasteiger partial charge in [0.25, 0.3) is 0 Å². The molecule has 29 heavy (non-hydrogen) atoms. The van der Waals surface area contributed by atoms with Gasteiger partial charge in [0.15, 0.2) is 0 Å². The Hall–Kier alpha value is -2.24. The van der Waals surface area contributed by atoms with E-state index in [-0.39, 0.29) is 5.97 Å². The summed E-state index contributed by atoms with van der Waals surface area (Å²) < 4.78 is 16.8. The lowest BCUT2D eigenvalue weighted by Crippen LogP contribution is -2.35. The molecule has 0 saturated carbocycles. The number of benzene rings is 2. The van der Waals surface area contributed by atoms with Crippen LogP contribution < -0.4 is 9.47 Å². The van der Waals surface area contributed by atoms with Crippen LogP contribution in [0.15, 0.2) is 48.5 Å². The highest BCUT2D eigenvalue weighted by Crippen LogP contribution is 2.26. The Morgan fingerprint density at radius 2 is 1.72 bits per heavy atom. The van der Waals surface area contributed by atoms with Crippen molar-refractivity contribution in [1.82, 2.24) is 4.90 Å². The van der Waals surface area contributed by atoms with Crippen LogP contribution in [-0.4, -0.2) is 43.2 Å². The summed E-state index contributed by atoms with van der Waals surface area (Å²) in [5.74, 6) is 2.21. The Kier molecular flexibility index (Phi) is 8.20. The zero-order valence-corrected chi connectivity index (χ0v) is 17.6. The average Bonchev–Trinajstić information content (AvgIpc) is 3.17. The predicted molar refractivity (Wildman–Crippen MR) is 114 cm³/mol. The minimum absolute atomic E-state index is 0.111. The summed E-state index contributed by atoms with van der Waals surface area (Å²) in [6.07, 6.45) is 3.59. The van der Waals surface area contributed by atoms with E-state index in [2.05, 4.69) is 4.90 Å². The summed E-state index contributed by atoms with van der Waals surface area (Å²) >= 11 is 5.89. The highest BCUT2D eigenvalue weighted by molar-refractivity contribution is 6.30. The molecular formula is C23H28ClNO4. The van der Waals surface area contributed by atoms with Gasteiger partial charge in [0.2, 0.25) is 0 Å². The highest BCUT2D eigenvalue weighted by atomic mass is 35.5. The van der Waals surface area contributed by atoms with Crippen LogP contribution in [0.2, 0.25) is 5.02 Å². The maximum Gasteiger partial charge on any atom is 0.305 e. The van der Waals surface area contributed by atoms with E-state index in [0.717, 1.165) is 43.2 Å². The number of likely N-dealkylation sites (tertiary alicyclic amines) is 1. The Balaban J connectivity index is 1.42. The van der Waals surface area contributed by atoms with Gasteiger partial charge >= 0.3 is 5.97 Å². The maximum absolute atomic E-state index is 11.5. The van der Waals surface area contributed by atoms with E-state index >= 15 is 0 Å². The molecule has 1 unspecified atom stereocenters. The molecule has 1 atom stereocenters. The van der Waals surface area contributed by atoms with Crippen molar-refractivity contribution in [2.24, 2.45) is 0 Å². The number of hydrogen-bond acceptors (Lipinski definition) is 5. The summed E-state index contributed by atoms with van der Waals surface area (Å²) in [4.78, 5) is 13.9. The molecule has 1 aliphatic heterocycles. The van der Waals surface area contributed by atoms with E-state index in [1.807, 2.05) is 43.3 Å². The third kappa shape index (κ3) is 6.94. The van der Waals surface area contributed by atoms with Crippen molar-refractivity contribution in [3.8, 4) is 17.2 Å². The first kappa shape index (κ1) is 21.5. The van der Waals surface area contributed by atoms with Crippen molar-refractivity contribution in [3.05, 3.63) is 53.6 Å². The molecule has 0 N–H and O–H groups in total. The second-order valence-electron chi connectivity index (χ2n) is 7.08. The average molecular weight is 418 g/mol. The topological polar surface area (TPSA) is 48.0 Å². The third-order valence-corrected chi connectivity index (χ3v) is 5.20. The van der Waals surface area contributed by atoms with Crippen LogP contribution in [0.4, 0.5) is 0 Å². The minimum atomic E-state index is -0.111. The number of nitrogens with zero attached hydrogens (tertiary/aromatic N) is 1. The molecule has 2 aromatic rings. The number of hydrogen-bond donors (Lipinski definition) is 0. The first-order valence-corrected chi connectivity index (χ1v) is 10.6. The lowest BCUT2D eigenvalue weighted by molar-refractivity contribution is -0.143. The molecule has 5 nitrogen and oxygen atoms in total. The Morgan fingerprint density at radius 1 is 1.07 bits per heavy atom. The first-order chi connectivity index (χ1) is 14.1. The van der Waals surface area contributed by atoms with Gasteiger partial charge in [0.05, 0.1) is 6.61 Å². The lowest BCUT2D eigenvalue weighted by atomic mass is 10.2. The van der Waals surface area contributed by atoms with Crippen molar-refractivity contribution in [2.75, 3.05) is 26.3 Å². The molecule has 1 heterocycles. The number of carbonyl (C=O) groups is 1. The molecule has 156 valence electrons. The van der Waals surface area contributed by atoms with Gasteiger partial charge in [-0.3, -0.25) is 9.69 Å². The highest BCUT2D eigenvalue weighted by Gasteiger charge is 2.24. The molecule has 0 radical (unpaired) electrons. The van der Waals surface area contributed by atoms with Gasteiger partial charge in [-0.05, 0) is 87.8 Å². The smallest absolute Gasteiger partial charge is 0.305 e. The Morgan fingerprint density at radius 3 is 2.41 bits per heavy atom. The number of esters is 1. The summed E-state index contributed by atoms with van der Waals surface area (Å²) in [6.45, 7) is 4.90. The van der Waals surface area contributed by atoms with Crippen LogP contribution >= 0.6 is 11.6 Å². The molecule has 6 heteroatoms. The van der Waals surface area contributed by atoms with Crippen LogP contribution in [0.1, 0.15) is 32.6 Å². The van der Waals surface area contributed by atoms with Crippen molar-refractivity contribution in [3.63, 3.8) is 0 Å². The molecule has 2 aromatic carbocycles. The zero-order chi connectivity index (χ0) is 20.5. The largest absolute Gasteiger partial charge is 0.492 e. The molecule has 0 aromatic heterocycles. The van der Waals surface area contributed by atoms with E-state index < -0.39 is 0 Å². The monoisotopic (exact) mass is 417 g/mol. The van der Waals surface area contributed by atoms with Crippen LogP contribution in [0.25, 0.3) is 0 Å². The predicted octanol–water partition coefficient (Wildman–Crippen LogP) is 5.32. The standard InChI is InChI=1S/C23H28ClNO4/c1-2-27-23(26)6-4-16-25-15-3-5-19(25)17-28-20-11-13-22(14-12-20)29-21-9-7-18(24)8-10-21/h7-14,19H,2-6,15-17H2,1H3. The summed E-state index contributed by atoms with van der Waals surface area (Å²) in [7, 11) is 0. The molecule has 1 aliphatic rings. The molecule has 1 fully saturated rings. The number of ether oxygens (including phenoxy) is 3. The SMILES string of the molecule is CCOC(=O)CCCN1CCCC1COc1ccc(Oc2ccc(Cl)cc2)cc1. The van der Waals surface area contributed by atoms with Crippen molar-refractivity contribution < 1.29 is 19.0 Å². The molecular weight excluding hydrogens is 390 g/mol. The van der Waals surface area contributed by atoms with Crippen molar-refractivity contribution >= 4 is 17.6 Å². The fourth-order valence-electron chi connectivity index (χ4n) is 3.47. The van der Waals surface area contributed by atoms with E-state index in [1.54, 1.807) is 12.1 Å². The van der Waals surface area contributed by atoms with Gasteiger partial charge in [0.1, 0.15) is 23.9 Å². The summed E-state index contributed by atoms with van der Waals surface area (Å²) in [6, 6.07) is 15.3. The fraction of sp³-hybridized carbons (Fsp3) is 0.435. The van der Waals surface area contributed by atoms with Gasteiger partial charge in [-0.15, -0.1) is 0 Å². The van der Waals surface area contributed by atoms with E-state index in [0.29, 0.717) is 30.7 Å². The van der Waals surface area contributed by atoms with Gasteiger partial charge in [-0.2, -0.15) is 0 Å². The normalized spacial score (nSPS) is 16.6. The van der Waals surface area contributed by atoms with Crippen LogP contribution in [0.3, 0.4) is 0 Å². The van der Waals surface area contributed by atoms with Gasteiger partial charge in [-0.1, -0.05) is 11.6 Å². The number of halogens is 1. The van der Waals surface area contributed by atoms with Gasteiger partial charge in [-0.25, -0.2) is 0 Å². The fourth-order valence-corrected chi connectivity index (χ4v) is 3.60. The second kappa shape index (κ2) is 11.1. The van der Waals surface area contributed by atoms with Crippen molar-refractivity contribution in [1.29, 1.82) is 0 Å².